The largest absolute Gasteiger partial charge is 0.496 e. The zero-order valence-corrected chi connectivity index (χ0v) is 16.9. The Labute approximate surface area is 165 Å². The maximum atomic E-state index is 5.93. The Morgan fingerprint density at radius 2 is 1.64 bits per heavy atom. The monoisotopic (exact) mass is 457 g/mol. The van der Waals surface area contributed by atoms with E-state index in [2.05, 4.69) is 10.3 Å². The molecule has 136 valence electrons. The van der Waals surface area contributed by atoms with Gasteiger partial charge in [0.05, 0.1) is 27.9 Å². The molecule has 0 aliphatic carbocycles. The van der Waals surface area contributed by atoms with Crippen molar-refractivity contribution in [2.75, 3.05) is 21.3 Å². The molecule has 0 spiro atoms. The molecule has 0 saturated heterocycles. The van der Waals surface area contributed by atoms with Crippen molar-refractivity contribution in [3.63, 3.8) is 0 Å². The summed E-state index contributed by atoms with van der Waals surface area (Å²) in [5.41, 5.74) is 7.93. The van der Waals surface area contributed by atoms with E-state index in [0.717, 1.165) is 16.9 Å². The second kappa shape index (κ2) is 10.7. The predicted octanol–water partition coefficient (Wildman–Crippen LogP) is 2.93. The molecule has 0 fully saturated rings. The normalized spacial score (nSPS) is 10.6. The van der Waals surface area contributed by atoms with Crippen molar-refractivity contribution in [3.05, 3.63) is 53.6 Å². The van der Waals surface area contributed by atoms with E-state index >= 15 is 0 Å². The minimum atomic E-state index is 0. The number of nitrogens with one attached hydrogen (secondary N) is 1. The van der Waals surface area contributed by atoms with Crippen molar-refractivity contribution >= 4 is 29.9 Å². The van der Waals surface area contributed by atoms with Crippen molar-refractivity contribution in [1.29, 1.82) is 0 Å². The van der Waals surface area contributed by atoms with Gasteiger partial charge in [-0.3, -0.25) is 0 Å². The van der Waals surface area contributed by atoms with Gasteiger partial charge in [0.2, 0.25) is 0 Å². The van der Waals surface area contributed by atoms with Crippen molar-refractivity contribution in [3.8, 4) is 17.2 Å². The van der Waals surface area contributed by atoms with Gasteiger partial charge < -0.3 is 25.3 Å². The fourth-order valence-corrected chi connectivity index (χ4v) is 2.25. The van der Waals surface area contributed by atoms with Gasteiger partial charge in [-0.2, -0.15) is 0 Å². The summed E-state index contributed by atoms with van der Waals surface area (Å²) < 4.78 is 15.8. The van der Waals surface area contributed by atoms with Crippen molar-refractivity contribution in [1.82, 2.24) is 5.32 Å². The van der Waals surface area contributed by atoms with Crippen LogP contribution in [0.1, 0.15) is 11.1 Å². The number of rotatable bonds is 7. The second-order valence-electron chi connectivity index (χ2n) is 5.06. The lowest BCUT2D eigenvalue weighted by molar-refractivity contribution is 0.354. The molecule has 0 unspecified atom stereocenters. The smallest absolute Gasteiger partial charge is 0.189 e. The van der Waals surface area contributed by atoms with Gasteiger partial charge in [-0.05, 0) is 23.8 Å². The van der Waals surface area contributed by atoms with Crippen LogP contribution in [-0.4, -0.2) is 27.3 Å². The highest BCUT2D eigenvalue weighted by molar-refractivity contribution is 14.0. The molecule has 2 aromatic carbocycles. The number of hydrogen-bond donors (Lipinski definition) is 2. The molecule has 0 radical (unpaired) electrons. The van der Waals surface area contributed by atoms with Gasteiger partial charge in [-0.25, -0.2) is 4.99 Å². The number of ether oxygens (including phenoxy) is 3. The minimum absolute atomic E-state index is 0. The Hall–Kier alpha value is -2.16. The van der Waals surface area contributed by atoms with Crippen LogP contribution in [0.4, 0.5) is 0 Å². The molecule has 0 amide bonds. The molecule has 0 heterocycles. The molecule has 7 heteroatoms. The molecule has 3 N–H and O–H groups in total. The second-order valence-corrected chi connectivity index (χ2v) is 5.06. The summed E-state index contributed by atoms with van der Waals surface area (Å²) in [4.78, 5) is 4.34. The zero-order valence-electron chi connectivity index (χ0n) is 14.6. The van der Waals surface area contributed by atoms with Crippen LogP contribution in [-0.2, 0) is 13.1 Å². The van der Waals surface area contributed by atoms with Gasteiger partial charge in [0, 0.05) is 12.1 Å². The summed E-state index contributed by atoms with van der Waals surface area (Å²) in [5, 5.41) is 3.09. The van der Waals surface area contributed by atoms with Gasteiger partial charge >= 0.3 is 0 Å². The van der Waals surface area contributed by atoms with Gasteiger partial charge in [0.15, 0.2) is 17.5 Å². The molecule has 0 atom stereocenters. The van der Waals surface area contributed by atoms with Crippen LogP contribution in [0.25, 0.3) is 0 Å². The van der Waals surface area contributed by atoms with Crippen LogP contribution < -0.4 is 25.3 Å². The van der Waals surface area contributed by atoms with E-state index in [9.17, 15) is 0 Å². The number of nitrogens with two attached hydrogens (primary N) is 1. The van der Waals surface area contributed by atoms with Crippen molar-refractivity contribution in [2.45, 2.75) is 13.1 Å². The average Bonchev–Trinajstić information content (AvgIpc) is 2.64. The molecule has 6 nitrogen and oxygen atoms in total. The summed E-state index contributed by atoms with van der Waals surface area (Å²) >= 11 is 0. The van der Waals surface area contributed by atoms with Crippen LogP contribution in [0.15, 0.2) is 47.5 Å². The lowest BCUT2D eigenvalue weighted by atomic mass is 10.2. The highest BCUT2D eigenvalue weighted by atomic mass is 127. The molecular weight excluding hydrogens is 433 g/mol. The molecule has 0 saturated carbocycles. The predicted molar refractivity (Wildman–Crippen MR) is 110 cm³/mol. The SMILES string of the molecule is COc1ccccc1CNC(N)=NCc1ccc(OC)c(OC)c1.I. The van der Waals surface area contributed by atoms with E-state index in [1.807, 2.05) is 42.5 Å². The quantitative estimate of drug-likeness (QED) is 0.380. The number of hydrogen-bond acceptors (Lipinski definition) is 4. The van der Waals surface area contributed by atoms with Gasteiger partial charge in [-0.15, -0.1) is 24.0 Å². The Bertz CT molecular complexity index is 708. The number of para-hydroxylation sites is 1. The van der Waals surface area contributed by atoms with E-state index in [1.54, 1.807) is 21.3 Å². The average molecular weight is 457 g/mol. The number of aliphatic imine (C=N–C) groups is 1. The topological polar surface area (TPSA) is 78.1 Å². The first-order valence-corrected chi connectivity index (χ1v) is 7.54. The molecule has 2 rings (SSSR count). The van der Waals surface area contributed by atoms with Crippen LogP contribution in [0.5, 0.6) is 17.2 Å². The third-order valence-corrected chi connectivity index (χ3v) is 3.53. The molecule has 0 bridgehead atoms. The minimum Gasteiger partial charge on any atom is -0.496 e. The van der Waals surface area contributed by atoms with Gasteiger partial charge in [0.25, 0.3) is 0 Å². The number of benzene rings is 2. The van der Waals surface area contributed by atoms with Crippen LogP contribution in [0, 0.1) is 0 Å². The fourth-order valence-electron chi connectivity index (χ4n) is 2.25. The van der Waals surface area contributed by atoms with E-state index in [0.29, 0.717) is 30.5 Å². The molecular formula is C18H24IN3O3. The lowest BCUT2D eigenvalue weighted by Gasteiger charge is -2.10. The molecule has 0 aliphatic heterocycles. The number of halogens is 1. The highest BCUT2D eigenvalue weighted by Crippen LogP contribution is 2.27. The fraction of sp³-hybridized carbons (Fsp3) is 0.278. The molecule has 0 aliphatic rings. The number of guanidine groups is 1. The van der Waals surface area contributed by atoms with E-state index < -0.39 is 0 Å². The van der Waals surface area contributed by atoms with E-state index in [4.69, 9.17) is 19.9 Å². The van der Waals surface area contributed by atoms with E-state index in [1.165, 1.54) is 0 Å². The Balaban J connectivity index is 0.00000312. The van der Waals surface area contributed by atoms with Gasteiger partial charge in [0.1, 0.15) is 5.75 Å². The molecule has 2 aromatic rings. The highest BCUT2D eigenvalue weighted by Gasteiger charge is 2.05. The van der Waals surface area contributed by atoms with Crippen LogP contribution in [0.3, 0.4) is 0 Å². The van der Waals surface area contributed by atoms with Crippen molar-refractivity contribution < 1.29 is 14.2 Å². The first-order chi connectivity index (χ1) is 11.7. The summed E-state index contributed by atoms with van der Waals surface area (Å²) in [5.74, 6) is 2.55. The third kappa shape index (κ3) is 6.00. The zero-order chi connectivity index (χ0) is 17.4. The number of methoxy groups -OCH3 is 3. The third-order valence-electron chi connectivity index (χ3n) is 3.53. The summed E-state index contributed by atoms with van der Waals surface area (Å²) in [6.45, 7) is 0.996. The summed E-state index contributed by atoms with van der Waals surface area (Å²) in [6, 6.07) is 13.4. The Morgan fingerprint density at radius 1 is 0.960 bits per heavy atom. The Morgan fingerprint density at radius 3 is 2.32 bits per heavy atom. The lowest BCUT2D eigenvalue weighted by Crippen LogP contribution is -2.31. The standard InChI is InChI=1S/C18H23N3O3.HI/c1-22-15-7-5-4-6-14(15)12-21-18(19)20-11-13-8-9-16(23-2)17(10-13)24-3;/h4-10H,11-12H2,1-3H3,(H3,19,20,21);1H. The summed E-state index contributed by atoms with van der Waals surface area (Å²) in [6.07, 6.45) is 0. The van der Waals surface area contributed by atoms with Crippen LogP contribution >= 0.6 is 24.0 Å². The molecule has 0 aromatic heterocycles. The van der Waals surface area contributed by atoms with Crippen LogP contribution in [0.2, 0.25) is 0 Å². The molecule has 25 heavy (non-hydrogen) atoms. The number of nitrogens with zero attached hydrogens (tertiary/aromatic N) is 1. The maximum Gasteiger partial charge on any atom is 0.189 e. The Kier molecular flexibility index (Phi) is 8.90. The first kappa shape index (κ1) is 20.9. The van der Waals surface area contributed by atoms with E-state index in [-0.39, 0.29) is 24.0 Å². The van der Waals surface area contributed by atoms with Crippen molar-refractivity contribution in [2.24, 2.45) is 10.7 Å². The summed E-state index contributed by atoms with van der Waals surface area (Å²) in [7, 11) is 4.86. The van der Waals surface area contributed by atoms with Gasteiger partial charge in [-0.1, -0.05) is 24.3 Å². The maximum absolute atomic E-state index is 5.93. The first-order valence-electron chi connectivity index (χ1n) is 7.54.